The van der Waals surface area contributed by atoms with Crippen molar-refractivity contribution in [1.29, 1.82) is 0 Å². The van der Waals surface area contributed by atoms with E-state index in [2.05, 4.69) is 21.2 Å². The number of hydrazone groups is 1. The van der Waals surface area contributed by atoms with Gasteiger partial charge in [0.15, 0.2) is 6.61 Å². The number of hydrogen-bond acceptors (Lipinski definition) is 6. The van der Waals surface area contributed by atoms with Gasteiger partial charge < -0.3 is 20.1 Å². The van der Waals surface area contributed by atoms with Crippen LogP contribution in [0.15, 0.2) is 53.6 Å². The van der Waals surface area contributed by atoms with E-state index in [1.165, 1.54) is 6.21 Å². The fraction of sp³-hybridized carbons (Fsp3) is 0.238. The van der Waals surface area contributed by atoms with Gasteiger partial charge in [-0.05, 0) is 67.9 Å². The topological polar surface area (TPSA) is 118 Å². The summed E-state index contributed by atoms with van der Waals surface area (Å²) in [4.78, 5) is 35.0. The molecule has 0 aromatic heterocycles. The normalized spacial score (nSPS) is 10.5. The van der Waals surface area contributed by atoms with Crippen LogP contribution in [0.3, 0.4) is 0 Å². The number of ether oxygens (including phenoxy) is 2. The monoisotopic (exact) mass is 412 g/mol. The molecular weight excluding hydrogens is 388 g/mol. The van der Waals surface area contributed by atoms with Crippen molar-refractivity contribution in [1.82, 2.24) is 10.7 Å². The fourth-order valence-corrected chi connectivity index (χ4v) is 2.21. The van der Waals surface area contributed by atoms with Gasteiger partial charge in [0.05, 0.1) is 13.3 Å². The van der Waals surface area contributed by atoms with Crippen LogP contribution in [0, 0.1) is 0 Å². The van der Waals surface area contributed by atoms with E-state index in [1.54, 1.807) is 69.5 Å². The van der Waals surface area contributed by atoms with E-state index in [0.717, 1.165) is 0 Å². The first-order chi connectivity index (χ1) is 14.4. The van der Waals surface area contributed by atoms with Gasteiger partial charge in [0.25, 0.3) is 5.91 Å². The third kappa shape index (κ3) is 7.63. The van der Waals surface area contributed by atoms with Crippen molar-refractivity contribution in [2.75, 3.05) is 19.0 Å². The van der Waals surface area contributed by atoms with Gasteiger partial charge in [-0.15, -0.1) is 0 Å². The lowest BCUT2D eigenvalue weighted by Gasteiger charge is -2.08. The van der Waals surface area contributed by atoms with E-state index in [1.807, 2.05) is 0 Å². The highest BCUT2D eigenvalue weighted by Crippen LogP contribution is 2.15. The Morgan fingerprint density at radius 3 is 2.20 bits per heavy atom. The summed E-state index contributed by atoms with van der Waals surface area (Å²) in [6.45, 7) is 3.35. The van der Waals surface area contributed by atoms with Crippen LogP contribution in [0.4, 0.5) is 5.69 Å². The number of carbonyl (C=O) groups excluding carboxylic acids is 3. The molecule has 0 unspecified atom stereocenters. The zero-order valence-electron chi connectivity index (χ0n) is 17.0. The van der Waals surface area contributed by atoms with Crippen LogP contribution in [0.1, 0.15) is 19.4 Å². The first kappa shape index (κ1) is 22.4. The molecule has 2 aromatic carbocycles. The second kappa shape index (κ2) is 11.2. The third-order valence-corrected chi connectivity index (χ3v) is 3.63. The molecule has 0 radical (unpaired) electrons. The molecular formula is C21H24N4O5. The maximum atomic E-state index is 12.0. The van der Waals surface area contributed by atoms with Gasteiger partial charge >= 0.3 is 11.8 Å². The molecule has 0 saturated heterocycles. The first-order valence-electron chi connectivity index (χ1n) is 9.18. The molecule has 3 amide bonds. The summed E-state index contributed by atoms with van der Waals surface area (Å²) in [6, 6.07) is 13.5. The van der Waals surface area contributed by atoms with Crippen LogP contribution in [-0.2, 0) is 14.4 Å². The Hall–Kier alpha value is -3.88. The van der Waals surface area contributed by atoms with Gasteiger partial charge in [-0.1, -0.05) is 0 Å². The smallest absolute Gasteiger partial charge is 0.329 e. The molecule has 3 N–H and O–H groups in total. The summed E-state index contributed by atoms with van der Waals surface area (Å²) in [5, 5.41) is 8.92. The zero-order chi connectivity index (χ0) is 21.9. The maximum Gasteiger partial charge on any atom is 0.329 e. The van der Waals surface area contributed by atoms with Crippen LogP contribution in [0.25, 0.3) is 0 Å². The molecule has 0 heterocycles. The highest BCUT2D eigenvalue weighted by molar-refractivity contribution is 6.35. The van der Waals surface area contributed by atoms with E-state index in [0.29, 0.717) is 22.7 Å². The Bertz CT molecular complexity index is 893. The second-order valence-electron chi connectivity index (χ2n) is 6.46. The first-order valence-corrected chi connectivity index (χ1v) is 9.18. The highest BCUT2D eigenvalue weighted by Gasteiger charge is 2.12. The number of amides is 3. The minimum absolute atomic E-state index is 0.141. The molecule has 0 aliphatic heterocycles. The molecule has 0 aliphatic rings. The van der Waals surface area contributed by atoms with Gasteiger partial charge in [0.1, 0.15) is 11.5 Å². The van der Waals surface area contributed by atoms with E-state index < -0.39 is 11.8 Å². The number of carbonyl (C=O) groups is 3. The minimum atomic E-state index is -0.845. The van der Waals surface area contributed by atoms with Gasteiger partial charge in [-0.25, -0.2) is 5.43 Å². The summed E-state index contributed by atoms with van der Waals surface area (Å²) in [6.07, 6.45) is 1.39. The lowest BCUT2D eigenvalue weighted by Crippen LogP contribution is -2.41. The standard InChI is InChI=1S/C21H24N4O5/c1-14(2)23-20(27)21(28)25-22-12-15-4-8-18(9-5-15)30-13-19(26)24-16-6-10-17(29-3)11-7-16/h4-12,14H,13H2,1-3H3,(H,23,27)(H,24,26)(H,25,28)/b22-12-. The maximum absolute atomic E-state index is 12.0. The number of hydrogen-bond donors (Lipinski definition) is 3. The van der Waals surface area contributed by atoms with E-state index in [9.17, 15) is 14.4 Å². The van der Waals surface area contributed by atoms with Gasteiger partial charge in [-0.3, -0.25) is 14.4 Å². The van der Waals surface area contributed by atoms with Gasteiger partial charge in [0, 0.05) is 11.7 Å². The van der Waals surface area contributed by atoms with Gasteiger partial charge in [0.2, 0.25) is 0 Å². The van der Waals surface area contributed by atoms with Crippen molar-refractivity contribution in [2.24, 2.45) is 5.10 Å². The molecule has 0 bridgehead atoms. The Labute approximate surface area is 174 Å². The molecule has 30 heavy (non-hydrogen) atoms. The quantitative estimate of drug-likeness (QED) is 0.346. The molecule has 9 nitrogen and oxygen atoms in total. The molecule has 0 atom stereocenters. The number of benzene rings is 2. The summed E-state index contributed by atoms with van der Waals surface area (Å²) in [5.41, 5.74) is 3.46. The Kier molecular flexibility index (Phi) is 8.37. The Morgan fingerprint density at radius 1 is 0.967 bits per heavy atom. The molecule has 158 valence electrons. The second-order valence-corrected chi connectivity index (χ2v) is 6.46. The number of nitrogens with zero attached hydrogens (tertiary/aromatic N) is 1. The van der Waals surface area contributed by atoms with Crippen LogP contribution in [0.5, 0.6) is 11.5 Å². The summed E-state index contributed by atoms with van der Waals surface area (Å²) in [7, 11) is 1.57. The summed E-state index contributed by atoms with van der Waals surface area (Å²) < 4.78 is 10.5. The summed E-state index contributed by atoms with van der Waals surface area (Å²) >= 11 is 0. The average molecular weight is 412 g/mol. The number of nitrogens with one attached hydrogen (secondary N) is 3. The molecule has 0 aliphatic carbocycles. The molecule has 0 saturated carbocycles. The number of anilines is 1. The van der Waals surface area contributed by atoms with E-state index in [-0.39, 0.29) is 18.6 Å². The van der Waals surface area contributed by atoms with Crippen molar-refractivity contribution in [3.05, 3.63) is 54.1 Å². The lowest BCUT2D eigenvalue weighted by atomic mass is 10.2. The molecule has 0 spiro atoms. The van der Waals surface area contributed by atoms with Crippen molar-refractivity contribution < 1.29 is 23.9 Å². The van der Waals surface area contributed by atoms with Crippen molar-refractivity contribution >= 4 is 29.6 Å². The molecule has 0 fully saturated rings. The van der Waals surface area contributed by atoms with Crippen molar-refractivity contribution in [3.8, 4) is 11.5 Å². The largest absolute Gasteiger partial charge is 0.497 e. The Morgan fingerprint density at radius 2 is 1.60 bits per heavy atom. The van der Waals surface area contributed by atoms with Gasteiger partial charge in [-0.2, -0.15) is 5.10 Å². The average Bonchev–Trinajstić information content (AvgIpc) is 2.73. The van der Waals surface area contributed by atoms with Crippen LogP contribution in [-0.4, -0.2) is 43.7 Å². The predicted molar refractivity (Wildman–Crippen MR) is 113 cm³/mol. The molecule has 2 aromatic rings. The fourth-order valence-electron chi connectivity index (χ4n) is 2.21. The van der Waals surface area contributed by atoms with E-state index in [4.69, 9.17) is 9.47 Å². The summed E-state index contributed by atoms with van der Waals surface area (Å²) in [5.74, 6) is -0.696. The van der Waals surface area contributed by atoms with Crippen LogP contribution < -0.4 is 25.5 Å². The lowest BCUT2D eigenvalue weighted by molar-refractivity contribution is -0.139. The molecule has 9 heteroatoms. The van der Waals surface area contributed by atoms with Crippen LogP contribution in [0.2, 0.25) is 0 Å². The van der Waals surface area contributed by atoms with Crippen LogP contribution >= 0.6 is 0 Å². The SMILES string of the molecule is COc1ccc(NC(=O)COc2ccc(/C=N\NC(=O)C(=O)NC(C)C)cc2)cc1. The number of rotatable bonds is 8. The van der Waals surface area contributed by atoms with E-state index >= 15 is 0 Å². The third-order valence-electron chi connectivity index (χ3n) is 3.63. The van der Waals surface area contributed by atoms with Crippen molar-refractivity contribution in [2.45, 2.75) is 19.9 Å². The Balaban J connectivity index is 1.77. The molecule has 2 rings (SSSR count). The van der Waals surface area contributed by atoms with Crippen molar-refractivity contribution in [3.63, 3.8) is 0 Å². The predicted octanol–water partition coefficient (Wildman–Crippen LogP) is 1.69. The zero-order valence-corrected chi connectivity index (χ0v) is 17.0. The highest BCUT2D eigenvalue weighted by atomic mass is 16.5. The number of methoxy groups -OCH3 is 1. The minimum Gasteiger partial charge on any atom is -0.497 e.